The topological polar surface area (TPSA) is 45.8 Å². The van der Waals surface area contributed by atoms with Crippen molar-refractivity contribution in [2.45, 2.75) is 0 Å². The summed E-state index contributed by atoms with van der Waals surface area (Å²) in [5.41, 5.74) is 1.34. The maximum Gasteiger partial charge on any atom is 0.185 e. The first-order valence-electron chi connectivity index (χ1n) is 4.17. The van der Waals surface area contributed by atoms with Crippen LogP contribution in [0.2, 0.25) is 0 Å². The lowest BCUT2D eigenvalue weighted by Crippen LogP contribution is -1.82. The van der Waals surface area contributed by atoms with Crippen molar-refractivity contribution >= 4 is 22.2 Å². The van der Waals surface area contributed by atoms with Crippen LogP contribution in [0.15, 0.2) is 28.9 Å². The average molecular weight is 269 g/mol. The Hall–Kier alpha value is -1.49. The molecule has 2 rings (SSSR count). The smallest absolute Gasteiger partial charge is 0.185 e. The fourth-order valence-corrected chi connectivity index (χ4v) is 1.74. The highest BCUT2D eigenvalue weighted by atomic mass is 79.9. The number of halogens is 2. The highest BCUT2D eigenvalue weighted by molar-refractivity contribution is 9.10. The van der Waals surface area contributed by atoms with E-state index in [1.807, 2.05) is 0 Å². The van der Waals surface area contributed by atoms with E-state index in [0.29, 0.717) is 16.6 Å². The van der Waals surface area contributed by atoms with Crippen LogP contribution in [0.25, 0.3) is 11.3 Å². The lowest BCUT2D eigenvalue weighted by molar-refractivity contribution is 0.111. The Morgan fingerprint density at radius 3 is 2.53 bits per heavy atom. The Morgan fingerprint density at radius 2 is 2.00 bits per heavy atom. The largest absolute Gasteiger partial charge is 0.330 e. The molecule has 0 saturated heterocycles. The van der Waals surface area contributed by atoms with Crippen LogP contribution >= 0.6 is 15.9 Å². The predicted octanol–water partition coefficient (Wildman–Crippen LogP) is 2.79. The molecule has 0 atom stereocenters. The summed E-state index contributed by atoms with van der Waals surface area (Å²) in [5.74, 6) is -0.0674. The lowest BCUT2D eigenvalue weighted by Gasteiger charge is -1.96. The molecule has 0 bridgehead atoms. The van der Waals surface area contributed by atoms with Gasteiger partial charge in [-0.1, -0.05) is 0 Å². The number of imidazole rings is 1. The van der Waals surface area contributed by atoms with Gasteiger partial charge in [0.05, 0.1) is 0 Å². The monoisotopic (exact) mass is 268 g/mol. The minimum Gasteiger partial charge on any atom is -0.330 e. The summed E-state index contributed by atoms with van der Waals surface area (Å²) >= 11 is 3.24. The SMILES string of the molecule is O=Cc1nc(-c2ccc(F)cc2)c(Br)[nH]1. The van der Waals surface area contributed by atoms with Gasteiger partial charge in [-0.05, 0) is 40.2 Å². The highest BCUT2D eigenvalue weighted by Gasteiger charge is 2.09. The molecule has 0 aliphatic rings. The fraction of sp³-hybridized carbons (Fsp3) is 0. The zero-order valence-electron chi connectivity index (χ0n) is 7.50. The molecular weight excluding hydrogens is 263 g/mol. The quantitative estimate of drug-likeness (QED) is 0.852. The predicted molar refractivity (Wildman–Crippen MR) is 57.1 cm³/mol. The third-order valence-electron chi connectivity index (χ3n) is 1.91. The summed E-state index contributed by atoms with van der Waals surface area (Å²) in [6, 6.07) is 5.89. The third kappa shape index (κ3) is 1.97. The summed E-state index contributed by atoms with van der Waals surface area (Å²) in [4.78, 5) is 17.3. The number of aromatic amines is 1. The number of rotatable bonds is 2. The van der Waals surface area contributed by atoms with E-state index in [-0.39, 0.29) is 11.6 Å². The summed E-state index contributed by atoms with van der Waals surface area (Å²) in [5, 5.41) is 0. The van der Waals surface area contributed by atoms with E-state index in [1.54, 1.807) is 12.1 Å². The van der Waals surface area contributed by atoms with Gasteiger partial charge in [-0.3, -0.25) is 4.79 Å². The number of carbonyl (C=O) groups excluding carboxylic acids is 1. The standard InChI is InChI=1S/C10H6BrFN2O/c11-10-9(13-8(5-15)14-10)6-1-3-7(12)4-2-6/h1-5H,(H,13,14). The molecule has 0 unspecified atom stereocenters. The van der Waals surface area contributed by atoms with Crippen molar-refractivity contribution in [3.8, 4) is 11.3 Å². The van der Waals surface area contributed by atoms with Crippen molar-refractivity contribution in [2.24, 2.45) is 0 Å². The van der Waals surface area contributed by atoms with E-state index >= 15 is 0 Å². The third-order valence-corrected chi connectivity index (χ3v) is 2.48. The van der Waals surface area contributed by atoms with E-state index in [2.05, 4.69) is 25.9 Å². The van der Waals surface area contributed by atoms with E-state index in [0.717, 1.165) is 5.56 Å². The normalized spacial score (nSPS) is 10.3. The number of nitrogens with zero attached hydrogens (tertiary/aromatic N) is 1. The fourth-order valence-electron chi connectivity index (χ4n) is 1.22. The highest BCUT2D eigenvalue weighted by Crippen LogP contribution is 2.25. The Labute approximate surface area is 93.5 Å². The van der Waals surface area contributed by atoms with E-state index < -0.39 is 0 Å². The second-order valence-electron chi connectivity index (χ2n) is 2.91. The lowest BCUT2D eigenvalue weighted by atomic mass is 10.2. The zero-order valence-corrected chi connectivity index (χ0v) is 9.08. The molecular formula is C10H6BrFN2O. The van der Waals surface area contributed by atoms with Gasteiger partial charge in [-0.2, -0.15) is 0 Å². The van der Waals surface area contributed by atoms with Gasteiger partial charge in [0.25, 0.3) is 0 Å². The first-order chi connectivity index (χ1) is 7.20. The molecule has 0 saturated carbocycles. The molecule has 2 aromatic rings. The molecule has 76 valence electrons. The van der Waals surface area contributed by atoms with Gasteiger partial charge in [0.2, 0.25) is 0 Å². The van der Waals surface area contributed by atoms with Gasteiger partial charge >= 0.3 is 0 Å². The summed E-state index contributed by atoms with van der Waals surface area (Å²) in [6.45, 7) is 0. The number of H-pyrrole nitrogens is 1. The molecule has 0 radical (unpaired) electrons. The molecule has 0 aliphatic carbocycles. The van der Waals surface area contributed by atoms with Gasteiger partial charge in [-0.25, -0.2) is 9.37 Å². The number of aldehydes is 1. The molecule has 0 aliphatic heterocycles. The van der Waals surface area contributed by atoms with Crippen LogP contribution in [0.5, 0.6) is 0 Å². The van der Waals surface area contributed by atoms with Crippen molar-refractivity contribution in [3.63, 3.8) is 0 Å². The van der Waals surface area contributed by atoms with Crippen LogP contribution in [0.4, 0.5) is 4.39 Å². The average Bonchev–Trinajstić information content (AvgIpc) is 2.61. The number of benzene rings is 1. The second kappa shape index (κ2) is 3.94. The van der Waals surface area contributed by atoms with Crippen LogP contribution in [-0.2, 0) is 0 Å². The van der Waals surface area contributed by atoms with Gasteiger partial charge in [0.1, 0.15) is 16.1 Å². The maximum atomic E-state index is 12.7. The molecule has 1 heterocycles. The Morgan fingerprint density at radius 1 is 1.33 bits per heavy atom. The number of aromatic nitrogens is 2. The van der Waals surface area contributed by atoms with Gasteiger partial charge in [0.15, 0.2) is 12.1 Å². The van der Waals surface area contributed by atoms with E-state index in [9.17, 15) is 9.18 Å². The van der Waals surface area contributed by atoms with E-state index in [1.165, 1.54) is 12.1 Å². The van der Waals surface area contributed by atoms with E-state index in [4.69, 9.17) is 0 Å². The van der Waals surface area contributed by atoms with Crippen molar-refractivity contribution in [2.75, 3.05) is 0 Å². The van der Waals surface area contributed by atoms with Crippen LogP contribution in [0.1, 0.15) is 10.6 Å². The van der Waals surface area contributed by atoms with Crippen LogP contribution in [-0.4, -0.2) is 16.3 Å². The number of hydrogen-bond donors (Lipinski definition) is 1. The van der Waals surface area contributed by atoms with Gasteiger partial charge in [0, 0.05) is 5.56 Å². The second-order valence-corrected chi connectivity index (χ2v) is 3.70. The minimum absolute atomic E-state index is 0.237. The number of carbonyl (C=O) groups is 1. The summed E-state index contributed by atoms with van der Waals surface area (Å²) in [7, 11) is 0. The molecule has 0 amide bonds. The van der Waals surface area contributed by atoms with Crippen molar-refractivity contribution in [3.05, 3.63) is 40.5 Å². The number of hydrogen-bond acceptors (Lipinski definition) is 2. The molecule has 0 fully saturated rings. The first-order valence-corrected chi connectivity index (χ1v) is 4.96. The Kier molecular flexibility index (Phi) is 2.64. The molecule has 1 aromatic carbocycles. The molecule has 15 heavy (non-hydrogen) atoms. The molecule has 1 aromatic heterocycles. The molecule has 3 nitrogen and oxygen atoms in total. The van der Waals surface area contributed by atoms with Crippen LogP contribution < -0.4 is 0 Å². The maximum absolute atomic E-state index is 12.7. The number of nitrogens with one attached hydrogen (secondary N) is 1. The van der Waals surface area contributed by atoms with Crippen molar-refractivity contribution < 1.29 is 9.18 Å². The van der Waals surface area contributed by atoms with Crippen molar-refractivity contribution in [1.29, 1.82) is 0 Å². The van der Waals surface area contributed by atoms with Crippen molar-refractivity contribution in [1.82, 2.24) is 9.97 Å². The first kappa shape index (κ1) is 10.0. The summed E-state index contributed by atoms with van der Waals surface area (Å²) in [6.07, 6.45) is 0.623. The van der Waals surface area contributed by atoms with Gasteiger partial charge < -0.3 is 4.98 Å². The van der Waals surface area contributed by atoms with Crippen LogP contribution in [0.3, 0.4) is 0 Å². The Bertz CT molecular complexity index is 493. The van der Waals surface area contributed by atoms with Gasteiger partial charge in [-0.15, -0.1) is 0 Å². The molecule has 0 spiro atoms. The molecule has 1 N–H and O–H groups in total. The minimum atomic E-state index is -0.305. The zero-order chi connectivity index (χ0) is 10.8. The Balaban J connectivity index is 2.48. The molecule has 5 heteroatoms. The summed E-state index contributed by atoms with van der Waals surface area (Å²) < 4.78 is 13.3. The van der Waals surface area contributed by atoms with Crippen LogP contribution in [0, 0.1) is 5.82 Å².